The molecule has 0 spiro atoms. The summed E-state index contributed by atoms with van der Waals surface area (Å²) < 4.78 is 10.7. The lowest BCUT2D eigenvalue weighted by Gasteiger charge is -2.09. The van der Waals surface area contributed by atoms with Crippen LogP contribution in [-0.4, -0.2) is 29.3 Å². The molecule has 1 aliphatic rings. The maximum atomic E-state index is 5.50. The van der Waals surface area contributed by atoms with E-state index in [-0.39, 0.29) is 6.10 Å². The van der Waals surface area contributed by atoms with Gasteiger partial charge in [-0.1, -0.05) is 0 Å². The van der Waals surface area contributed by atoms with E-state index in [1.165, 1.54) is 6.33 Å². The summed E-state index contributed by atoms with van der Waals surface area (Å²) in [7, 11) is 0. The quantitative estimate of drug-likeness (QED) is 0.707. The van der Waals surface area contributed by atoms with Crippen molar-refractivity contribution in [3.8, 4) is 5.88 Å². The molecule has 0 aromatic carbocycles. The average molecular weight is 181 g/mol. The van der Waals surface area contributed by atoms with E-state index in [2.05, 4.69) is 9.97 Å². The largest absolute Gasteiger partial charge is 0.472 e. The van der Waals surface area contributed by atoms with Gasteiger partial charge in [0.2, 0.25) is 5.88 Å². The Hall–Kier alpha value is -1.36. The van der Waals surface area contributed by atoms with Gasteiger partial charge in [0.1, 0.15) is 18.2 Å². The molecule has 70 valence electrons. The standard InChI is InChI=1S/C8H11N3O2/c9-7-3-8(11-5-10-7)13-6-1-2-12-4-6/h3,5-6H,1-2,4H2,(H2,9,10,11). The summed E-state index contributed by atoms with van der Waals surface area (Å²) in [6.45, 7) is 1.38. The highest BCUT2D eigenvalue weighted by Gasteiger charge is 2.17. The van der Waals surface area contributed by atoms with Gasteiger partial charge in [-0.15, -0.1) is 0 Å². The molecule has 2 N–H and O–H groups in total. The third-order valence-electron chi connectivity index (χ3n) is 1.84. The Bertz CT molecular complexity index is 286. The third kappa shape index (κ3) is 2.06. The van der Waals surface area contributed by atoms with Crippen LogP contribution in [0.1, 0.15) is 6.42 Å². The minimum absolute atomic E-state index is 0.106. The fourth-order valence-electron chi connectivity index (χ4n) is 1.19. The highest BCUT2D eigenvalue weighted by Crippen LogP contribution is 2.14. The van der Waals surface area contributed by atoms with Gasteiger partial charge in [-0.2, -0.15) is 0 Å². The molecule has 5 nitrogen and oxygen atoms in total. The van der Waals surface area contributed by atoms with E-state index in [1.807, 2.05) is 0 Å². The second-order valence-electron chi connectivity index (χ2n) is 2.88. The van der Waals surface area contributed by atoms with Crippen LogP contribution < -0.4 is 10.5 Å². The molecule has 1 aromatic rings. The Labute approximate surface area is 75.9 Å². The van der Waals surface area contributed by atoms with Crippen molar-refractivity contribution in [1.82, 2.24) is 9.97 Å². The molecule has 0 aliphatic carbocycles. The fourth-order valence-corrected chi connectivity index (χ4v) is 1.19. The van der Waals surface area contributed by atoms with E-state index in [0.717, 1.165) is 13.0 Å². The minimum atomic E-state index is 0.106. The van der Waals surface area contributed by atoms with Gasteiger partial charge in [0.05, 0.1) is 13.2 Å². The molecule has 1 fully saturated rings. The number of ether oxygens (including phenoxy) is 2. The maximum absolute atomic E-state index is 5.50. The van der Waals surface area contributed by atoms with Crippen LogP contribution in [0.4, 0.5) is 5.82 Å². The topological polar surface area (TPSA) is 70.3 Å². The molecular weight excluding hydrogens is 170 g/mol. The Morgan fingerprint density at radius 2 is 2.46 bits per heavy atom. The predicted octanol–water partition coefficient (Wildman–Crippen LogP) is 0.226. The Morgan fingerprint density at radius 1 is 1.54 bits per heavy atom. The molecule has 1 aromatic heterocycles. The minimum Gasteiger partial charge on any atom is -0.472 e. The van der Waals surface area contributed by atoms with Crippen molar-refractivity contribution >= 4 is 5.82 Å². The molecule has 1 atom stereocenters. The van der Waals surface area contributed by atoms with E-state index in [1.54, 1.807) is 6.07 Å². The first-order valence-electron chi connectivity index (χ1n) is 4.16. The number of hydrogen-bond acceptors (Lipinski definition) is 5. The zero-order valence-electron chi connectivity index (χ0n) is 7.14. The molecule has 0 amide bonds. The Balaban J connectivity index is 2.00. The van der Waals surface area contributed by atoms with Crippen molar-refractivity contribution in [3.63, 3.8) is 0 Å². The van der Waals surface area contributed by atoms with E-state index in [0.29, 0.717) is 18.3 Å². The lowest BCUT2D eigenvalue weighted by Crippen LogP contribution is -2.16. The lowest BCUT2D eigenvalue weighted by molar-refractivity contribution is 0.138. The Morgan fingerprint density at radius 3 is 3.15 bits per heavy atom. The zero-order valence-corrected chi connectivity index (χ0v) is 7.14. The van der Waals surface area contributed by atoms with E-state index < -0.39 is 0 Å². The van der Waals surface area contributed by atoms with Crippen molar-refractivity contribution in [2.24, 2.45) is 0 Å². The summed E-state index contributed by atoms with van der Waals surface area (Å²) in [6.07, 6.45) is 2.40. The molecule has 1 unspecified atom stereocenters. The molecule has 0 radical (unpaired) electrons. The lowest BCUT2D eigenvalue weighted by atomic mass is 10.3. The van der Waals surface area contributed by atoms with E-state index in [9.17, 15) is 0 Å². The van der Waals surface area contributed by atoms with Crippen LogP contribution in [0, 0.1) is 0 Å². The first kappa shape index (κ1) is 8.25. The smallest absolute Gasteiger partial charge is 0.218 e. The van der Waals surface area contributed by atoms with Crippen LogP contribution >= 0.6 is 0 Å². The van der Waals surface area contributed by atoms with E-state index >= 15 is 0 Å². The highest BCUT2D eigenvalue weighted by atomic mass is 16.5. The maximum Gasteiger partial charge on any atom is 0.218 e. The molecule has 1 aliphatic heterocycles. The van der Waals surface area contributed by atoms with Gasteiger partial charge in [0.15, 0.2) is 0 Å². The molecule has 0 bridgehead atoms. The summed E-state index contributed by atoms with van der Waals surface area (Å²) >= 11 is 0. The van der Waals surface area contributed by atoms with Gasteiger partial charge in [0.25, 0.3) is 0 Å². The number of aromatic nitrogens is 2. The SMILES string of the molecule is Nc1cc(OC2CCOC2)ncn1. The number of nitrogens with zero attached hydrogens (tertiary/aromatic N) is 2. The van der Waals surface area contributed by atoms with Gasteiger partial charge >= 0.3 is 0 Å². The van der Waals surface area contributed by atoms with Crippen LogP contribution in [-0.2, 0) is 4.74 Å². The van der Waals surface area contributed by atoms with Gasteiger partial charge < -0.3 is 15.2 Å². The summed E-state index contributed by atoms with van der Waals surface area (Å²) in [5, 5.41) is 0. The van der Waals surface area contributed by atoms with Crippen LogP contribution in [0.15, 0.2) is 12.4 Å². The normalized spacial score (nSPS) is 21.7. The Kier molecular flexibility index (Phi) is 2.27. The van der Waals surface area contributed by atoms with Gasteiger partial charge in [-0.3, -0.25) is 0 Å². The van der Waals surface area contributed by atoms with Crippen LogP contribution in [0.2, 0.25) is 0 Å². The van der Waals surface area contributed by atoms with Gasteiger partial charge in [-0.05, 0) is 0 Å². The summed E-state index contributed by atoms with van der Waals surface area (Å²) in [6, 6.07) is 1.61. The van der Waals surface area contributed by atoms with Crippen LogP contribution in [0.3, 0.4) is 0 Å². The van der Waals surface area contributed by atoms with E-state index in [4.69, 9.17) is 15.2 Å². The first-order valence-corrected chi connectivity index (χ1v) is 4.16. The molecule has 2 rings (SSSR count). The monoisotopic (exact) mass is 181 g/mol. The fraction of sp³-hybridized carbons (Fsp3) is 0.500. The van der Waals surface area contributed by atoms with Gasteiger partial charge in [-0.25, -0.2) is 9.97 Å². The number of rotatable bonds is 2. The zero-order chi connectivity index (χ0) is 9.10. The molecule has 0 saturated carbocycles. The van der Waals surface area contributed by atoms with Crippen molar-refractivity contribution in [2.45, 2.75) is 12.5 Å². The van der Waals surface area contributed by atoms with Crippen molar-refractivity contribution in [3.05, 3.63) is 12.4 Å². The summed E-state index contributed by atoms with van der Waals surface area (Å²) in [5.41, 5.74) is 5.47. The number of nitrogens with two attached hydrogens (primary N) is 1. The predicted molar refractivity (Wildman–Crippen MR) is 46.3 cm³/mol. The van der Waals surface area contributed by atoms with Crippen LogP contribution in [0.25, 0.3) is 0 Å². The van der Waals surface area contributed by atoms with Crippen molar-refractivity contribution in [1.29, 1.82) is 0 Å². The molecular formula is C8H11N3O2. The van der Waals surface area contributed by atoms with Crippen LogP contribution in [0.5, 0.6) is 5.88 Å². The molecule has 13 heavy (non-hydrogen) atoms. The second kappa shape index (κ2) is 3.57. The molecule has 5 heteroatoms. The second-order valence-corrected chi connectivity index (χ2v) is 2.88. The number of hydrogen-bond donors (Lipinski definition) is 1. The molecule has 2 heterocycles. The average Bonchev–Trinajstić information content (AvgIpc) is 2.57. The molecule has 1 saturated heterocycles. The first-order chi connectivity index (χ1) is 6.34. The van der Waals surface area contributed by atoms with Crippen molar-refractivity contribution in [2.75, 3.05) is 18.9 Å². The van der Waals surface area contributed by atoms with Gasteiger partial charge in [0, 0.05) is 12.5 Å². The summed E-state index contributed by atoms with van der Waals surface area (Å²) in [5.74, 6) is 0.937. The van der Waals surface area contributed by atoms with Crippen molar-refractivity contribution < 1.29 is 9.47 Å². The number of nitrogen functional groups attached to an aromatic ring is 1. The highest BCUT2D eigenvalue weighted by molar-refractivity contribution is 5.30. The summed E-state index contributed by atoms with van der Waals surface area (Å²) in [4.78, 5) is 7.70. The number of anilines is 1. The third-order valence-corrected chi connectivity index (χ3v) is 1.84.